The summed E-state index contributed by atoms with van der Waals surface area (Å²) in [6, 6.07) is 14.8. The van der Waals surface area contributed by atoms with Crippen molar-refractivity contribution in [3.05, 3.63) is 88.8 Å². The first-order chi connectivity index (χ1) is 12.5. The molecule has 0 spiro atoms. The molecule has 4 nitrogen and oxygen atoms in total. The van der Waals surface area contributed by atoms with Crippen LogP contribution in [0.3, 0.4) is 0 Å². The second kappa shape index (κ2) is 7.91. The Bertz CT molecular complexity index is 894. The molecule has 0 aliphatic heterocycles. The smallest absolute Gasteiger partial charge is 0.290 e. The number of carbonyl (C=O) groups excluding carboxylic acids is 1. The van der Waals surface area contributed by atoms with Crippen LogP contribution in [0.25, 0.3) is 0 Å². The van der Waals surface area contributed by atoms with Crippen molar-refractivity contribution in [1.29, 1.82) is 0 Å². The topological polar surface area (TPSA) is 55.1 Å². The number of amides is 1. The molecule has 0 bridgehead atoms. The number of carbonyl (C=O) groups is 1. The minimum atomic E-state index is -0.708. The van der Waals surface area contributed by atoms with E-state index < -0.39 is 17.5 Å². The van der Waals surface area contributed by atoms with Crippen molar-refractivity contribution in [1.82, 2.24) is 10.5 Å². The van der Waals surface area contributed by atoms with Gasteiger partial charge in [-0.3, -0.25) is 4.79 Å². The van der Waals surface area contributed by atoms with Gasteiger partial charge >= 0.3 is 0 Å². The summed E-state index contributed by atoms with van der Waals surface area (Å²) < 4.78 is 31.6. The van der Waals surface area contributed by atoms with Gasteiger partial charge in [0.1, 0.15) is 11.6 Å². The number of nitrogens with zero attached hydrogens (tertiary/aromatic N) is 1. The fourth-order valence-electron chi connectivity index (χ4n) is 2.66. The molecule has 0 unspecified atom stereocenters. The Morgan fingerprint density at radius 3 is 2.65 bits per heavy atom. The van der Waals surface area contributed by atoms with Crippen molar-refractivity contribution < 1.29 is 18.1 Å². The summed E-state index contributed by atoms with van der Waals surface area (Å²) in [5, 5.41) is 6.47. The van der Waals surface area contributed by atoms with Gasteiger partial charge in [0.05, 0.1) is 5.69 Å². The SMILES string of the molecule is C[C@@H](Cc1cc(C(=O)NCc2ccc(F)cc2F)on1)c1ccccc1. The molecule has 0 saturated heterocycles. The molecule has 1 heterocycles. The fraction of sp³-hybridized carbons (Fsp3) is 0.200. The quantitative estimate of drug-likeness (QED) is 0.719. The van der Waals surface area contributed by atoms with Gasteiger partial charge in [-0.15, -0.1) is 0 Å². The lowest BCUT2D eigenvalue weighted by atomic mass is 9.96. The van der Waals surface area contributed by atoms with E-state index >= 15 is 0 Å². The molecule has 6 heteroatoms. The van der Waals surface area contributed by atoms with Gasteiger partial charge in [-0.2, -0.15) is 0 Å². The fourth-order valence-corrected chi connectivity index (χ4v) is 2.66. The third kappa shape index (κ3) is 4.33. The van der Waals surface area contributed by atoms with E-state index in [2.05, 4.69) is 17.4 Å². The summed E-state index contributed by atoms with van der Waals surface area (Å²) in [6.07, 6.45) is 0.632. The Morgan fingerprint density at radius 2 is 1.92 bits per heavy atom. The van der Waals surface area contributed by atoms with Crippen LogP contribution in [-0.2, 0) is 13.0 Å². The van der Waals surface area contributed by atoms with Crippen LogP contribution in [0, 0.1) is 11.6 Å². The molecule has 0 saturated carbocycles. The molecular formula is C20H18F2N2O2. The molecule has 1 N–H and O–H groups in total. The average molecular weight is 356 g/mol. The van der Waals surface area contributed by atoms with Crippen LogP contribution in [0.2, 0.25) is 0 Å². The highest BCUT2D eigenvalue weighted by Crippen LogP contribution is 2.20. The third-order valence-electron chi connectivity index (χ3n) is 4.12. The molecule has 0 fully saturated rings. The first-order valence-corrected chi connectivity index (χ1v) is 8.25. The highest BCUT2D eigenvalue weighted by atomic mass is 19.1. The molecule has 2 aromatic carbocycles. The molecule has 0 aliphatic rings. The lowest BCUT2D eigenvalue weighted by Gasteiger charge is -2.08. The lowest BCUT2D eigenvalue weighted by molar-refractivity contribution is 0.0913. The van der Waals surface area contributed by atoms with Gasteiger partial charge < -0.3 is 9.84 Å². The van der Waals surface area contributed by atoms with Gasteiger partial charge in [-0.1, -0.05) is 48.5 Å². The Kier molecular flexibility index (Phi) is 5.41. The van der Waals surface area contributed by atoms with Crippen molar-refractivity contribution in [2.24, 2.45) is 0 Å². The Morgan fingerprint density at radius 1 is 1.15 bits per heavy atom. The van der Waals surface area contributed by atoms with Crippen LogP contribution >= 0.6 is 0 Å². The zero-order chi connectivity index (χ0) is 18.5. The summed E-state index contributed by atoms with van der Waals surface area (Å²) in [6.45, 7) is 2.00. The van der Waals surface area contributed by atoms with Gasteiger partial charge in [0.25, 0.3) is 5.91 Å². The summed E-state index contributed by atoms with van der Waals surface area (Å²) in [5.74, 6) is -1.58. The Labute approximate surface area is 149 Å². The molecule has 1 atom stereocenters. The van der Waals surface area contributed by atoms with Gasteiger partial charge in [0, 0.05) is 24.2 Å². The van der Waals surface area contributed by atoms with Gasteiger partial charge in [-0.05, 0) is 24.0 Å². The van der Waals surface area contributed by atoms with E-state index in [-0.39, 0.29) is 23.8 Å². The maximum absolute atomic E-state index is 13.6. The summed E-state index contributed by atoms with van der Waals surface area (Å²) in [5.41, 5.74) is 2.03. The van der Waals surface area contributed by atoms with Crippen LogP contribution in [-0.4, -0.2) is 11.1 Å². The standard InChI is InChI=1S/C20H18F2N2O2/c1-13(14-5-3-2-4-6-14)9-17-11-19(26-24-17)20(25)23-12-15-7-8-16(21)10-18(15)22/h2-8,10-11,13H,9,12H2,1H3,(H,23,25)/t13-/m0/s1. The molecule has 134 valence electrons. The lowest BCUT2D eigenvalue weighted by Crippen LogP contribution is -2.22. The van der Waals surface area contributed by atoms with Crippen LogP contribution in [0.15, 0.2) is 59.1 Å². The van der Waals surface area contributed by atoms with Gasteiger partial charge in [-0.25, -0.2) is 8.78 Å². The van der Waals surface area contributed by atoms with E-state index in [0.717, 1.165) is 12.1 Å². The molecule has 3 rings (SSSR count). The minimum Gasteiger partial charge on any atom is -0.351 e. The molecule has 0 radical (unpaired) electrons. The Balaban J connectivity index is 1.59. The van der Waals surface area contributed by atoms with Crippen molar-refractivity contribution in [3.63, 3.8) is 0 Å². The molecule has 3 aromatic rings. The van der Waals surface area contributed by atoms with Crippen LogP contribution in [0.5, 0.6) is 0 Å². The number of rotatable bonds is 6. The maximum Gasteiger partial charge on any atom is 0.290 e. The second-order valence-corrected chi connectivity index (χ2v) is 6.12. The van der Waals surface area contributed by atoms with E-state index in [1.165, 1.54) is 11.6 Å². The highest BCUT2D eigenvalue weighted by Gasteiger charge is 2.16. The second-order valence-electron chi connectivity index (χ2n) is 6.12. The number of halogens is 2. The van der Waals surface area contributed by atoms with E-state index in [0.29, 0.717) is 12.1 Å². The molecule has 1 aromatic heterocycles. The highest BCUT2D eigenvalue weighted by molar-refractivity contribution is 5.91. The first kappa shape index (κ1) is 17.8. The largest absolute Gasteiger partial charge is 0.351 e. The van der Waals surface area contributed by atoms with E-state index in [4.69, 9.17) is 4.52 Å². The van der Waals surface area contributed by atoms with Crippen molar-refractivity contribution >= 4 is 5.91 Å². The predicted octanol–water partition coefficient (Wildman–Crippen LogP) is 4.23. The molecule has 1 amide bonds. The van der Waals surface area contributed by atoms with Crippen molar-refractivity contribution in [2.45, 2.75) is 25.8 Å². The number of benzene rings is 2. The number of aromatic nitrogens is 1. The summed E-state index contributed by atoms with van der Waals surface area (Å²) >= 11 is 0. The average Bonchev–Trinajstić information content (AvgIpc) is 3.10. The first-order valence-electron chi connectivity index (χ1n) is 8.25. The van der Waals surface area contributed by atoms with Crippen LogP contribution in [0.1, 0.15) is 40.2 Å². The zero-order valence-electron chi connectivity index (χ0n) is 14.2. The van der Waals surface area contributed by atoms with E-state index in [9.17, 15) is 13.6 Å². The zero-order valence-corrected chi connectivity index (χ0v) is 14.2. The van der Waals surface area contributed by atoms with E-state index in [1.54, 1.807) is 6.07 Å². The minimum absolute atomic E-state index is 0.0581. The molecule has 0 aliphatic carbocycles. The van der Waals surface area contributed by atoms with Gasteiger partial charge in [0.15, 0.2) is 0 Å². The summed E-state index contributed by atoms with van der Waals surface area (Å²) in [4.78, 5) is 12.1. The molecular weight excluding hydrogens is 338 g/mol. The monoisotopic (exact) mass is 356 g/mol. The molecule has 26 heavy (non-hydrogen) atoms. The van der Waals surface area contributed by atoms with Crippen LogP contribution < -0.4 is 5.32 Å². The predicted molar refractivity (Wildman–Crippen MR) is 92.6 cm³/mol. The Hall–Kier alpha value is -3.02. The summed E-state index contributed by atoms with van der Waals surface area (Å²) in [7, 11) is 0. The third-order valence-corrected chi connectivity index (χ3v) is 4.12. The number of hydrogen-bond acceptors (Lipinski definition) is 3. The normalized spacial score (nSPS) is 12.0. The maximum atomic E-state index is 13.6. The van der Waals surface area contributed by atoms with Crippen molar-refractivity contribution in [2.75, 3.05) is 0 Å². The number of nitrogens with one attached hydrogen (secondary N) is 1. The van der Waals surface area contributed by atoms with Gasteiger partial charge in [0.2, 0.25) is 5.76 Å². The van der Waals surface area contributed by atoms with Crippen LogP contribution in [0.4, 0.5) is 8.78 Å². The van der Waals surface area contributed by atoms with Crippen molar-refractivity contribution in [3.8, 4) is 0 Å². The number of hydrogen-bond donors (Lipinski definition) is 1. The van der Waals surface area contributed by atoms with E-state index in [1.807, 2.05) is 30.3 Å².